The monoisotopic (exact) mass is 323 g/mol. The Morgan fingerprint density at radius 2 is 1.50 bits per heavy atom. The topological polar surface area (TPSA) is 38.7 Å². The second-order valence-electron chi connectivity index (χ2n) is 4.05. The number of hydrogen-bond acceptors (Lipinski definition) is 6. The minimum absolute atomic E-state index is 0.786. The highest BCUT2D eigenvalue weighted by atomic mass is 32.2. The van der Waals surface area contributed by atoms with Crippen LogP contribution in [0.2, 0.25) is 0 Å². The quantitative estimate of drug-likeness (QED) is 0.743. The molecule has 0 radical (unpaired) electrons. The molecule has 0 fully saturated rings. The van der Waals surface area contributed by atoms with Gasteiger partial charge in [0.1, 0.15) is 0 Å². The molecular weight excluding hydrogens is 306 g/mol. The summed E-state index contributed by atoms with van der Waals surface area (Å²) in [5, 5.41) is 2.37. The van der Waals surface area contributed by atoms with E-state index < -0.39 is 0 Å². The van der Waals surface area contributed by atoms with Gasteiger partial charge in [0.2, 0.25) is 0 Å². The molecule has 0 spiro atoms. The Kier molecular flexibility index (Phi) is 6.19. The number of nitrogens with zero attached hydrogens (tertiary/aromatic N) is 3. The Bertz CT molecular complexity index is 553. The van der Waals surface area contributed by atoms with Gasteiger partial charge in [-0.1, -0.05) is 66.5 Å². The fourth-order valence-corrected chi connectivity index (χ4v) is 3.32. The van der Waals surface area contributed by atoms with Gasteiger partial charge >= 0.3 is 0 Å². The molecule has 2 rings (SSSR count). The zero-order valence-corrected chi connectivity index (χ0v) is 14.2. The predicted octanol–water partition coefficient (Wildman–Crippen LogP) is 4.17. The molecule has 0 saturated heterocycles. The average molecular weight is 324 g/mol. The number of rotatable bonds is 6. The molecule has 6 heteroatoms. The second-order valence-corrected chi connectivity index (χ2v) is 6.54. The third kappa shape index (κ3) is 4.40. The van der Waals surface area contributed by atoms with Crippen molar-refractivity contribution in [1.82, 2.24) is 15.0 Å². The van der Waals surface area contributed by atoms with E-state index in [2.05, 4.69) is 46.1 Å². The van der Waals surface area contributed by atoms with Crippen molar-refractivity contribution in [3.63, 3.8) is 0 Å². The Hall–Kier alpha value is -0.720. The van der Waals surface area contributed by atoms with Crippen LogP contribution in [0.3, 0.4) is 0 Å². The summed E-state index contributed by atoms with van der Waals surface area (Å²) in [6, 6.07) is 8.68. The summed E-state index contributed by atoms with van der Waals surface area (Å²) in [4.78, 5) is 13.2. The number of thioether (sulfide) groups is 3. The van der Waals surface area contributed by atoms with Gasteiger partial charge < -0.3 is 0 Å². The first-order valence-electron chi connectivity index (χ1n) is 6.29. The summed E-state index contributed by atoms with van der Waals surface area (Å²) < 4.78 is 0. The lowest BCUT2D eigenvalue weighted by atomic mass is 10.1. The molecule has 0 aliphatic heterocycles. The van der Waals surface area contributed by atoms with Gasteiger partial charge in [0.25, 0.3) is 0 Å². The molecule has 3 nitrogen and oxygen atoms in total. The maximum Gasteiger partial charge on any atom is 0.192 e. The van der Waals surface area contributed by atoms with Crippen molar-refractivity contribution in [2.75, 3.05) is 12.5 Å². The molecule has 0 atom stereocenters. The van der Waals surface area contributed by atoms with Crippen LogP contribution < -0.4 is 0 Å². The third-order valence-corrected chi connectivity index (χ3v) is 4.72. The summed E-state index contributed by atoms with van der Waals surface area (Å²) in [5.41, 5.74) is 2.68. The SMILES string of the molecule is CCc1cccc(CSc2nc(SC)nc(SC)n2)c1. The molecular formula is C14H17N3S3. The van der Waals surface area contributed by atoms with E-state index in [0.717, 1.165) is 27.6 Å². The van der Waals surface area contributed by atoms with Gasteiger partial charge in [0, 0.05) is 5.75 Å². The van der Waals surface area contributed by atoms with E-state index in [0.29, 0.717) is 0 Å². The highest BCUT2D eigenvalue weighted by molar-refractivity contribution is 7.99. The molecule has 106 valence electrons. The van der Waals surface area contributed by atoms with Crippen LogP contribution in [0, 0.1) is 0 Å². The van der Waals surface area contributed by atoms with E-state index in [1.807, 2.05) is 12.5 Å². The molecule has 0 aliphatic rings. The van der Waals surface area contributed by atoms with Crippen LogP contribution in [-0.4, -0.2) is 27.5 Å². The minimum Gasteiger partial charge on any atom is -0.196 e. The summed E-state index contributed by atoms with van der Waals surface area (Å²) in [7, 11) is 0. The van der Waals surface area contributed by atoms with E-state index in [1.54, 1.807) is 35.3 Å². The molecule has 20 heavy (non-hydrogen) atoms. The van der Waals surface area contributed by atoms with Gasteiger partial charge in [-0.25, -0.2) is 0 Å². The smallest absolute Gasteiger partial charge is 0.192 e. The normalized spacial score (nSPS) is 10.8. The van der Waals surface area contributed by atoms with Crippen molar-refractivity contribution < 1.29 is 0 Å². The van der Waals surface area contributed by atoms with E-state index in [1.165, 1.54) is 11.1 Å². The zero-order chi connectivity index (χ0) is 14.4. The highest BCUT2D eigenvalue weighted by Crippen LogP contribution is 2.23. The van der Waals surface area contributed by atoms with E-state index in [4.69, 9.17) is 0 Å². The van der Waals surface area contributed by atoms with E-state index >= 15 is 0 Å². The van der Waals surface area contributed by atoms with Crippen molar-refractivity contribution in [3.8, 4) is 0 Å². The lowest BCUT2D eigenvalue weighted by Gasteiger charge is -2.05. The fraction of sp³-hybridized carbons (Fsp3) is 0.357. The minimum atomic E-state index is 0.786. The first-order chi connectivity index (χ1) is 9.75. The second kappa shape index (κ2) is 7.90. The van der Waals surface area contributed by atoms with Gasteiger partial charge in [-0.3, -0.25) is 0 Å². The number of benzene rings is 1. The molecule has 0 aliphatic carbocycles. The highest BCUT2D eigenvalue weighted by Gasteiger charge is 2.06. The zero-order valence-electron chi connectivity index (χ0n) is 11.8. The summed E-state index contributed by atoms with van der Waals surface area (Å²) in [6.45, 7) is 2.17. The van der Waals surface area contributed by atoms with Crippen LogP contribution in [-0.2, 0) is 12.2 Å². The summed E-state index contributed by atoms with van der Waals surface area (Å²) in [6.07, 6.45) is 5.04. The maximum atomic E-state index is 4.45. The van der Waals surface area contributed by atoms with Crippen LogP contribution in [0.25, 0.3) is 0 Å². The van der Waals surface area contributed by atoms with Crippen LogP contribution in [0.4, 0.5) is 0 Å². The number of aryl methyl sites for hydroxylation is 1. The van der Waals surface area contributed by atoms with Gasteiger partial charge in [-0.2, -0.15) is 15.0 Å². The van der Waals surface area contributed by atoms with Gasteiger partial charge in [0.05, 0.1) is 0 Å². The fourth-order valence-electron chi connectivity index (χ4n) is 1.65. The molecule has 1 aromatic heterocycles. The molecule has 0 bridgehead atoms. The maximum absolute atomic E-state index is 4.45. The van der Waals surface area contributed by atoms with Crippen LogP contribution in [0.15, 0.2) is 39.7 Å². The Balaban J connectivity index is 2.09. The van der Waals surface area contributed by atoms with Crippen molar-refractivity contribution >= 4 is 35.3 Å². The van der Waals surface area contributed by atoms with Crippen LogP contribution >= 0.6 is 35.3 Å². The molecule has 0 N–H and O–H groups in total. The van der Waals surface area contributed by atoms with Gasteiger partial charge in [-0.15, -0.1) is 0 Å². The lowest BCUT2D eigenvalue weighted by molar-refractivity contribution is 0.719. The summed E-state index contributed by atoms with van der Waals surface area (Å²) >= 11 is 4.77. The molecule has 0 saturated carbocycles. The number of hydrogen-bond donors (Lipinski definition) is 0. The van der Waals surface area contributed by atoms with Crippen molar-refractivity contribution in [2.45, 2.75) is 34.6 Å². The van der Waals surface area contributed by atoms with Gasteiger partial charge in [0.15, 0.2) is 15.5 Å². The Morgan fingerprint density at radius 1 is 0.900 bits per heavy atom. The largest absolute Gasteiger partial charge is 0.196 e. The Labute approximate surface area is 132 Å². The van der Waals surface area contributed by atoms with Crippen LogP contribution in [0.5, 0.6) is 0 Å². The van der Waals surface area contributed by atoms with E-state index in [-0.39, 0.29) is 0 Å². The van der Waals surface area contributed by atoms with E-state index in [9.17, 15) is 0 Å². The first kappa shape index (κ1) is 15.7. The number of aromatic nitrogens is 3. The predicted molar refractivity (Wildman–Crippen MR) is 88.8 cm³/mol. The molecule has 2 aromatic rings. The molecule has 1 heterocycles. The van der Waals surface area contributed by atoms with Gasteiger partial charge in [-0.05, 0) is 30.1 Å². The van der Waals surface area contributed by atoms with Crippen molar-refractivity contribution in [1.29, 1.82) is 0 Å². The average Bonchev–Trinajstić information content (AvgIpc) is 2.52. The van der Waals surface area contributed by atoms with Crippen LogP contribution in [0.1, 0.15) is 18.1 Å². The standard InChI is InChI=1S/C14H17N3S3/c1-4-10-6-5-7-11(8-10)9-20-14-16-12(18-2)15-13(17-14)19-3/h5-8H,4,9H2,1-3H3. The first-order valence-corrected chi connectivity index (χ1v) is 9.73. The van der Waals surface area contributed by atoms with Crippen molar-refractivity contribution in [2.24, 2.45) is 0 Å². The molecule has 1 aromatic carbocycles. The van der Waals surface area contributed by atoms with Crippen molar-refractivity contribution in [3.05, 3.63) is 35.4 Å². The Morgan fingerprint density at radius 3 is 2.10 bits per heavy atom. The lowest BCUT2D eigenvalue weighted by Crippen LogP contribution is -1.96. The third-order valence-electron chi connectivity index (χ3n) is 2.71. The molecule has 0 amide bonds. The molecule has 0 unspecified atom stereocenters. The summed E-state index contributed by atoms with van der Waals surface area (Å²) in [5.74, 6) is 0.888.